The number of likely N-dealkylation sites (N-methyl/N-ethyl adjacent to an activating group) is 1. The molecule has 0 radical (unpaired) electrons. The molecule has 3 rings (SSSR count). The van der Waals surface area contributed by atoms with E-state index in [1.165, 1.54) is 60.4 Å². The van der Waals surface area contributed by atoms with Crippen molar-refractivity contribution in [1.29, 1.82) is 0 Å². The minimum Gasteiger partial charge on any atom is -0.345 e. The second kappa shape index (κ2) is 7.45. The highest BCUT2D eigenvalue weighted by molar-refractivity contribution is 5.77. The largest absolute Gasteiger partial charge is 0.345 e. The van der Waals surface area contributed by atoms with E-state index in [0.717, 1.165) is 13.1 Å². The first-order chi connectivity index (χ1) is 11.1. The monoisotopic (exact) mass is 317 g/mol. The van der Waals surface area contributed by atoms with Crippen LogP contribution in [0.5, 0.6) is 0 Å². The Balaban J connectivity index is 1.54. The summed E-state index contributed by atoms with van der Waals surface area (Å²) in [6.45, 7) is 7.26. The van der Waals surface area contributed by atoms with Crippen LogP contribution in [0.3, 0.4) is 0 Å². The average Bonchev–Trinajstić information content (AvgIpc) is 2.56. The third-order valence-electron chi connectivity index (χ3n) is 5.47. The van der Waals surface area contributed by atoms with Gasteiger partial charge in [-0.25, -0.2) is 0 Å². The molecule has 1 aliphatic carbocycles. The lowest BCUT2D eigenvalue weighted by Gasteiger charge is -2.27. The number of piperazine rings is 1. The molecule has 4 heteroatoms. The van der Waals surface area contributed by atoms with Crippen LogP contribution in [-0.2, 0) is 17.6 Å². The molecule has 0 saturated carbocycles. The summed E-state index contributed by atoms with van der Waals surface area (Å²) >= 11 is 0. The fourth-order valence-electron chi connectivity index (χ4n) is 3.83. The van der Waals surface area contributed by atoms with Gasteiger partial charge in [-0.2, -0.15) is 0 Å². The second-order valence-corrected chi connectivity index (χ2v) is 7.41. The molecule has 126 valence electrons. The van der Waals surface area contributed by atoms with Gasteiger partial charge in [0.2, 0.25) is 0 Å². The lowest BCUT2D eigenvalue weighted by Crippen LogP contribution is -3.27. The summed E-state index contributed by atoms with van der Waals surface area (Å²) in [7, 11) is 2.23. The molecule has 23 heavy (non-hydrogen) atoms. The number of hydrogen-bond donors (Lipinski definition) is 3. The average molecular weight is 317 g/mol. The zero-order valence-electron chi connectivity index (χ0n) is 14.6. The van der Waals surface area contributed by atoms with Crippen molar-refractivity contribution in [1.82, 2.24) is 5.32 Å². The highest BCUT2D eigenvalue weighted by Gasteiger charge is 2.23. The zero-order valence-corrected chi connectivity index (χ0v) is 14.6. The number of aryl methyl sites for hydroxylation is 2. The summed E-state index contributed by atoms with van der Waals surface area (Å²) in [5.41, 5.74) is 4.24. The summed E-state index contributed by atoms with van der Waals surface area (Å²) in [5, 5.41) is 3.19. The summed E-state index contributed by atoms with van der Waals surface area (Å²) < 4.78 is 0. The van der Waals surface area contributed by atoms with E-state index in [1.54, 1.807) is 4.90 Å². The van der Waals surface area contributed by atoms with Crippen molar-refractivity contribution in [2.24, 2.45) is 0 Å². The van der Waals surface area contributed by atoms with Crippen LogP contribution in [0.25, 0.3) is 0 Å². The van der Waals surface area contributed by atoms with E-state index in [9.17, 15) is 4.79 Å². The van der Waals surface area contributed by atoms with E-state index in [-0.39, 0.29) is 11.9 Å². The van der Waals surface area contributed by atoms with Gasteiger partial charge >= 0.3 is 0 Å². The van der Waals surface area contributed by atoms with Crippen LogP contribution in [0.2, 0.25) is 0 Å². The van der Waals surface area contributed by atoms with Crippen molar-refractivity contribution in [3.8, 4) is 0 Å². The standard InChI is InChI=1S/C19H29N3O/c1-15(17-8-7-16-5-3-4-6-18(16)13-17)20-19(23)14-22-11-9-21(2)10-12-22/h7-8,13,15H,3-6,9-12,14H2,1-2H3,(H,20,23)/p+2/t15-/m0/s1. The second-order valence-electron chi connectivity index (χ2n) is 7.41. The quantitative estimate of drug-likeness (QED) is 0.665. The lowest BCUT2D eigenvalue weighted by molar-refractivity contribution is -1.000. The van der Waals surface area contributed by atoms with Crippen molar-refractivity contribution in [3.05, 3.63) is 34.9 Å². The van der Waals surface area contributed by atoms with Crippen LogP contribution in [0.4, 0.5) is 0 Å². The molecule has 0 aromatic heterocycles. The molecule has 1 aromatic carbocycles. The minimum absolute atomic E-state index is 0.104. The van der Waals surface area contributed by atoms with E-state index >= 15 is 0 Å². The SMILES string of the molecule is C[C@H](NC(=O)C[NH+]1CC[NH+](C)CC1)c1ccc2c(c1)CCCC2. The molecule has 1 aromatic rings. The highest BCUT2D eigenvalue weighted by atomic mass is 16.2. The molecular weight excluding hydrogens is 286 g/mol. The molecule has 2 aliphatic rings. The topological polar surface area (TPSA) is 38.0 Å². The summed E-state index contributed by atoms with van der Waals surface area (Å²) in [5.74, 6) is 0.185. The van der Waals surface area contributed by atoms with Gasteiger partial charge in [0, 0.05) is 0 Å². The predicted octanol–water partition coefficient (Wildman–Crippen LogP) is -0.844. The van der Waals surface area contributed by atoms with Crippen LogP contribution >= 0.6 is 0 Å². The van der Waals surface area contributed by atoms with Crippen LogP contribution in [0, 0.1) is 0 Å². The van der Waals surface area contributed by atoms with Gasteiger partial charge in [0.1, 0.15) is 26.2 Å². The first kappa shape index (κ1) is 16.5. The number of benzene rings is 1. The van der Waals surface area contributed by atoms with E-state index in [1.807, 2.05) is 0 Å². The molecule has 1 saturated heterocycles. The normalized spacial score (nSPS) is 25.5. The number of rotatable bonds is 4. The summed E-state index contributed by atoms with van der Waals surface area (Å²) in [4.78, 5) is 15.3. The molecular formula is C19H31N3O+2. The van der Waals surface area contributed by atoms with E-state index in [0.29, 0.717) is 6.54 Å². The van der Waals surface area contributed by atoms with E-state index < -0.39 is 0 Å². The Bertz CT molecular complexity index is 550. The number of amides is 1. The zero-order chi connectivity index (χ0) is 16.2. The van der Waals surface area contributed by atoms with E-state index in [2.05, 4.69) is 37.5 Å². The number of carbonyl (C=O) groups excluding carboxylic acids is 1. The Kier molecular flexibility index (Phi) is 5.34. The van der Waals surface area contributed by atoms with Crippen molar-refractivity contribution in [2.45, 2.75) is 38.6 Å². The molecule has 1 heterocycles. The molecule has 1 amide bonds. The number of fused-ring (bicyclic) bond motifs is 1. The smallest absolute Gasteiger partial charge is 0.275 e. The summed E-state index contributed by atoms with van der Waals surface area (Å²) in [6.07, 6.45) is 5.02. The Morgan fingerprint density at radius 2 is 1.83 bits per heavy atom. The first-order valence-corrected chi connectivity index (χ1v) is 9.18. The fraction of sp³-hybridized carbons (Fsp3) is 0.632. The number of quaternary nitrogens is 2. The third kappa shape index (κ3) is 4.33. The van der Waals surface area contributed by atoms with Crippen molar-refractivity contribution < 1.29 is 14.6 Å². The van der Waals surface area contributed by atoms with Gasteiger partial charge < -0.3 is 15.1 Å². The Labute approximate surface area is 139 Å². The Morgan fingerprint density at radius 1 is 1.13 bits per heavy atom. The van der Waals surface area contributed by atoms with Gasteiger partial charge in [0.25, 0.3) is 5.91 Å². The molecule has 1 atom stereocenters. The molecule has 3 N–H and O–H groups in total. The minimum atomic E-state index is 0.104. The molecule has 1 fully saturated rings. The van der Waals surface area contributed by atoms with Gasteiger partial charge in [-0.05, 0) is 49.3 Å². The fourth-order valence-corrected chi connectivity index (χ4v) is 3.83. The number of nitrogens with one attached hydrogen (secondary N) is 3. The maximum absolute atomic E-state index is 12.3. The van der Waals surface area contributed by atoms with Gasteiger partial charge in [-0.3, -0.25) is 4.79 Å². The van der Waals surface area contributed by atoms with Gasteiger partial charge in [-0.1, -0.05) is 18.2 Å². The molecule has 4 nitrogen and oxygen atoms in total. The van der Waals surface area contributed by atoms with Crippen molar-refractivity contribution in [2.75, 3.05) is 39.8 Å². The van der Waals surface area contributed by atoms with Crippen LogP contribution in [0.1, 0.15) is 42.5 Å². The third-order valence-corrected chi connectivity index (χ3v) is 5.47. The molecule has 0 unspecified atom stereocenters. The highest BCUT2D eigenvalue weighted by Crippen LogP contribution is 2.24. The molecule has 0 bridgehead atoms. The van der Waals surface area contributed by atoms with E-state index in [4.69, 9.17) is 0 Å². The van der Waals surface area contributed by atoms with Gasteiger partial charge in [0.15, 0.2) is 6.54 Å². The predicted molar refractivity (Wildman–Crippen MR) is 91.8 cm³/mol. The number of hydrogen-bond acceptors (Lipinski definition) is 1. The molecule has 1 aliphatic heterocycles. The first-order valence-electron chi connectivity index (χ1n) is 9.18. The van der Waals surface area contributed by atoms with Gasteiger partial charge in [-0.15, -0.1) is 0 Å². The number of carbonyl (C=O) groups is 1. The Morgan fingerprint density at radius 3 is 2.57 bits per heavy atom. The maximum Gasteiger partial charge on any atom is 0.275 e. The lowest BCUT2D eigenvalue weighted by atomic mass is 9.89. The summed E-state index contributed by atoms with van der Waals surface area (Å²) in [6, 6.07) is 6.88. The molecule has 0 spiro atoms. The Hall–Kier alpha value is -1.39. The van der Waals surface area contributed by atoms with Crippen LogP contribution in [0.15, 0.2) is 18.2 Å². The van der Waals surface area contributed by atoms with Crippen molar-refractivity contribution >= 4 is 5.91 Å². The van der Waals surface area contributed by atoms with Gasteiger partial charge in [0.05, 0.1) is 13.1 Å². The van der Waals surface area contributed by atoms with Crippen LogP contribution < -0.4 is 15.1 Å². The van der Waals surface area contributed by atoms with Crippen LogP contribution in [-0.4, -0.2) is 45.7 Å². The maximum atomic E-state index is 12.3. The van der Waals surface area contributed by atoms with Crippen molar-refractivity contribution in [3.63, 3.8) is 0 Å².